The van der Waals surface area contributed by atoms with Gasteiger partial charge in [0.15, 0.2) is 0 Å². The minimum atomic E-state index is -0.660. The van der Waals surface area contributed by atoms with Crippen LogP contribution in [0.2, 0.25) is 5.02 Å². The van der Waals surface area contributed by atoms with Gasteiger partial charge in [0.05, 0.1) is 19.8 Å². The summed E-state index contributed by atoms with van der Waals surface area (Å²) in [7, 11) is 0. The van der Waals surface area contributed by atoms with E-state index in [0.717, 1.165) is 49.5 Å². The normalized spacial score (nSPS) is 21.0. The number of amides is 3. The molecule has 9 heteroatoms. The van der Waals surface area contributed by atoms with Crippen LogP contribution in [0.25, 0.3) is 0 Å². The lowest BCUT2D eigenvalue weighted by molar-refractivity contribution is -0.132. The third kappa shape index (κ3) is 5.19. The Morgan fingerprint density at radius 3 is 2.74 bits per heavy atom. The van der Waals surface area contributed by atoms with E-state index < -0.39 is 11.9 Å². The molecule has 2 saturated heterocycles. The zero-order chi connectivity index (χ0) is 24.4. The highest BCUT2D eigenvalue weighted by molar-refractivity contribution is 6.31. The molecule has 1 atom stereocenters. The number of hydrogen-bond acceptors (Lipinski definition) is 6. The van der Waals surface area contributed by atoms with Crippen LogP contribution in [0.1, 0.15) is 46.3 Å². The third-order valence-corrected chi connectivity index (χ3v) is 7.14. The van der Waals surface area contributed by atoms with Crippen LogP contribution in [0.15, 0.2) is 36.4 Å². The lowest BCUT2D eigenvalue weighted by Crippen LogP contribution is -2.46. The minimum Gasteiger partial charge on any atom is -0.489 e. The first-order chi connectivity index (χ1) is 17.0. The molecule has 1 N–H and O–H groups in total. The van der Waals surface area contributed by atoms with E-state index >= 15 is 0 Å². The molecule has 1 unspecified atom stereocenters. The van der Waals surface area contributed by atoms with Gasteiger partial charge < -0.3 is 14.4 Å². The maximum atomic E-state index is 13.1. The fourth-order valence-corrected chi connectivity index (χ4v) is 5.11. The van der Waals surface area contributed by atoms with Crippen molar-refractivity contribution in [3.05, 3.63) is 63.7 Å². The van der Waals surface area contributed by atoms with E-state index in [1.54, 1.807) is 17.0 Å². The fraction of sp³-hybridized carbons (Fsp3) is 0.423. The van der Waals surface area contributed by atoms with Gasteiger partial charge in [-0.15, -0.1) is 0 Å². The zero-order valence-corrected chi connectivity index (χ0v) is 20.2. The summed E-state index contributed by atoms with van der Waals surface area (Å²) in [5.74, 6) is -0.310. The number of ether oxygens (including phenoxy) is 2. The van der Waals surface area contributed by atoms with Crippen molar-refractivity contribution in [2.75, 3.05) is 26.3 Å². The molecule has 0 aromatic heterocycles. The Kier molecular flexibility index (Phi) is 7.04. The van der Waals surface area contributed by atoms with Crippen molar-refractivity contribution < 1.29 is 23.9 Å². The molecule has 35 heavy (non-hydrogen) atoms. The summed E-state index contributed by atoms with van der Waals surface area (Å²) in [6.07, 6.45) is 1.32. The number of carbonyl (C=O) groups is 3. The van der Waals surface area contributed by atoms with Gasteiger partial charge in [-0.3, -0.25) is 24.6 Å². The standard InChI is InChI=1S/C26H28ClN3O5/c27-21-13-17(7-8-18(21)14-29-9-11-34-12-10-29)16-35-23-5-1-3-19-20(23)15-30(26(19)33)22-4-2-6-24(31)28-25(22)32/h1,3,5,7-8,13,22H,2,4,6,9-12,14-16H2,(H,28,31,32). The van der Waals surface area contributed by atoms with Gasteiger partial charge >= 0.3 is 0 Å². The molecular formula is C26H28ClN3O5. The number of rotatable bonds is 6. The van der Waals surface area contributed by atoms with Gasteiger partial charge in [0.25, 0.3) is 5.91 Å². The zero-order valence-electron chi connectivity index (χ0n) is 19.4. The van der Waals surface area contributed by atoms with E-state index in [1.165, 1.54) is 0 Å². The Labute approximate surface area is 209 Å². The highest BCUT2D eigenvalue weighted by Crippen LogP contribution is 2.34. The molecule has 0 bridgehead atoms. The molecule has 0 saturated carbocycles. The number of morpholine rings is 1. The van der Waals surface area contributed by atoms with E-state index in [2.05, 4.69) is 10.2 Å². The first kappa shape index (κ1) is 23.8. The summed E-state index contributed by atoms with van der Waals surface area (Å²) in [5.41, 5.74) is 3.29. The van der Waals surface area contributed by atoms with Crippen molar-refractivity contribution in [2.45, 2.75) is 45.0 Å². The molecule has 8 nitrogen and oxygen atoms in total. The Balaban J connectivity index is 1.26. The average molecular weight is 498 g/mol. The van der Waals surface area contributed by atoms with Gasteiger partial charge in [-0.25, -0.2) is 0 Å². The molecule has 3 aliphatic rings. The second-order valence-electron chi connectivity index (χ2n) is 9.14. The molecular weight excluding hydrogens is 470 g/mol. The molecule has 5 rings (SSSR count). The third-order valence-electron chi connectivity index (χ3n) is 6.79. The predicted octanol–water partition coefficient (Wildman–Crippen LogP) is 2.90. The Hall–Kier alpha value is -2.94. The van der Waals surface area contributed by atoms with Crippen LogP contribution in [0, 0.1) is 0 Å². The molecule has 3 amide bonds. The number of hydrogen-bond donors (Lipinski definition) is 1. The molecule has 0 aliphatic carbocycles. The maximum Gasteiger partial charge on any atom is 0.255 e. The smallest absolute Gasteiger partial charge is 0.255 e. The number of imide groups is 1. The summed E-state index contributed by atoms with van der Waals surface area (Å²) in [6.45, 7) is 4.65. The van der Waals surface area contributed by atoms with Crippen LogP contribution in [0.4, 0.5) is 0 Å². The van der Waals surface area contributed by atoms with Crippen molar-refractivity contribution in [1.29, 1.82) is 0 Å². The Bertz CT molecular complexity index is 1150. The van der Waals surface area contributed by atoms with Crippen LogP contribution >= 0.6 is 11.6 Å². The Morgan fingerprint density at radius 1 is 1.11 bits per heavy atom. The largest absolute Gasteiger partial charge is 0.489 e. The van der Waals surface area contributed by atoms with Crippen molar-refractivity contribution in [3.63, 3.8) is 0 Å². The number of carbonyl (C=O) groups excluding carboxylic acids is 3. The van der Waals surface area contributed by atoms with Crippen LogP contribution in [0.3, 0.4) is 0 Å². The molecule has 0 spiro atoms. The first-order valence-corrected chi connectivity index (χ1v) is 12.3. The van der Waals surface area contributed by atoms with Gasteiger partial charge in [-0.05, 0) is 42.2 Å². The van der Waals surface area contributed by atoms with E-state index in [0.29, 0.717) is 42.2 Å². The second kappa shape index (κ2) is 10.4. The molecule has 3 heterocycles. The summed E-state index contributed by atoms with van der Waals surface area (Å²) >= 11 is 6.56. The number of benzene rings is 2. The Morgan fingerprint density at radius 2 is 1.94 bits per heavy atom. The molecule has 184 valence electrons. The molecule has 0 radical (unpaired) electrons. The van der Waals surface area contributed by atoms with Gasteiger partial charge in [0.2, 0.25) is 11.8 Å². The van der Waals surface area contributed by atoms with Crippen molar-refractivity contribution >= 4 is 29.3 Å². The van der Waals surface area contributed by atoms with Crippen LogP contribution in [-0.4, -0.2) is 59.9 Å². The molecule has 2 aromatic carbocycles. The molecule has 2 aromatic rings. The maximum absolute atomic E-state index is 13.1. The van der Waals surface area contributed by atoms with E-state index in [9.17, 15) is 14.4 Å². The minimum absolute atomic E-state index is 0.213. The van der Waals surface area contributed by atoms with Crippen LogP contribution in [-0.2, 0) is 34.0 Å². The lowest BCUT2D eigenvalue weighted by Gasteiger charge is -2.27. The molecule has 3 aliphatic heterocycles. The summed E-state index contributed by atoms with van der Waals surface area (Å²) in [6, 6.07) is 10.7. The fourth-order valence-electron chi connectivity index (χ4n) is 4.85. The van der Waals surface area contributed by atoms with Crippen molar-refractivity contribution in [3.8, 4) is 5.75 Å². The van der Waals surface area contributed by atoms with Gasteiger partial charge in [0, 0.05) is 42.2 Å². The highest BCUT2D eigenvalue weighted by atomic mass is 35.5. The van der Waals surface area contributed by atoms with E-state index in [4.69, 9.17) is 21.1 Å². The first-order valence-electron chi connectivity index (χ1n) is 12.0. The summed E-state index contributed by atoms with van der Waals surface area (Å²) in [4.78, 5) is 41.2. The second-order valence-corrected chi connectivity index (χ2v) is 9.55. The highest BCUT2D eigenvalue weighted by Gasteiger charge is 2.39. The van der Waals surface area contributed by atoms with Gasteiger partial charge in [-0.1, -0.05) is 29.8 Å². The number of halogens is 1. The monoisotopic (exact) mass is 497 g/mol. The number of nitrogens with zero attached hydrogens (tertiary/aromatic N) is 2. The number of fused-ring (bicyclic) bond motifs is 1. The lowest BCUT2D eigenvalue weighted by atomic mass is 10.1. The van der Waals surface area contributed by atoms with Gasteiger partial charge in [-0.2, -0.15) is 0 Å². The van der Waals surface area contributed by atoms with Crippen molar-refractivity contribution in [2.24, 2.45) is 0 Å². The van der Waals surface area contributed by atoms with Crippen LogP contribution < -0.4 is 10.1 Å². The summed E-state index contributed by atoms with van der Waals surface area (Å²) < 4.78 is 11.5. The summed E-state index contributed by atoms with van der Waals surface area (Å²) in [5, 5.41) is 3.09. The SMILES string of the molecule is O=C1CCCC(N2Cc3c(OCc4ccc(CN5CCOCC5)c(Cl)c4)cccc3C2=O)C(=O)N1. The van der Waals surface area contributed by atoms with Crippen molar-refractivity contribution in [1.82, 2.24) is 15.1 Å². The topological polar surface area (TPSA) is 88.2 Å². The average Bonchev–Trinajstić information content (AvgIpc) is 3.09. The number of nitrogens with one attached hydrogen (secondary N) is 1. The quantitative estimate of drug-likeness (QED) is 0.617. The van der Waals surface area contributed by atoms with Gasteiger partial charge in [0.1, 0.15) is 18.4 Å². The van der Waals surface area contributed by atoms with E-state index in [1.807, 2.05) is 24.3 Å². The van der Waals surface area contributed by atoms with E-state index in [-0.39, 0.29) is 18.4 Å². The van der Waals surface area contributed by atoms with Crippen LogP contribution in [0.5, 0.6) is 5.75 Å². The predicted molar refractivity (Wildman–Crippen MR) is 129 cm³/mol. The molecule has 2 fully saturated rings.